The SMILES string of the molecule is O=C(NN=Cc1c2ccccc2cc2ccccc12)c1cccc(Cn2cccn2)c1. The first-order valence-corrected chi connectivity index (χ1v) is 10.1. The first-order chi connectivity index (χ1) is 15.3. The monoisotopic (exact) mass is 404 g/mol. The van der Waals surface area contributed by atoms with Crippen LogP contribution in [0.4, 0.5) is 0 Å². The van der Waals surface area contributed by atoms with Gasteiger partial charge < -0.3 is 0 Å². The maximum absolute atomic E-state index is 12.7. The van der Waals surface area contributed by atoms with E-state index in [9.17, 15) is 4.79 Å². The zero-order valence-corrected chi connectivity index (χ0v) is 16.8. The third kappa shape index (κ3) is 3.94. The molecule has 150 valence electrons. The van der Waals surface area contributed by atoms with Crippen LogP contribution in [0.25, 0.3) is 21.5 Å². The number of nitrogens with zero attached hydrogens (tertiary/aromatic N) is 3. The molecule has 0 saturated heterocycles. The Morgan fingerprint density at radius 1 is 0.903 bits per heavy atom. The number of fused-ring (bicyclic) bond motifs is 2. The average molecular weight is 404 g/mol. The Bertz CT molecular complexity index is 1350. The number of hydrazone groups is 1. The van der Waals surface area contributed by atoms with E-state index in [4.69, 9.17) is 0 Å². The van der Waals surface area contributed by atoms with Crippen molar-refractivity contribution < 1.29 is 4.79 Å². The van der Waals surface area contributed by atoms with Crippen LogP contribution in [0, 0.1) is 0 Å². The molecule has 1 N–H and O–H groups in total. The molecular weight excluding hydrogens is 384 g/mol. The molecule has 0 bridgehead atoms. The summed E-state index contributed by atoms with van der Waals surface area (Å²) in [6.07, 6.45) is 5.37. The maximum Gasteiger partial charge on any atom is 0.271 e. The van der Waals surface area contributed by atoms with Gasteiger partial charge in [-0.05, 0) is 51.4 Å². The topological polar surface area (TPSA) is 59.3 Å². The van der Waals surface area contributed by atoms with Crippen LogP contribution in [-0.2, 0) is 6.54 Å². The summed E-state index contributed by atoms with van der Waals surface area (Å²) in [5.41, 5.74) is 5.22. The Kier molecular flexibility index (Phi) is 4.99. The van der Waals surface area contributed by atoms with Crippen molar-refractivity contribution in [2.45, 2.75) is 6.54 Å². The summed E-state index contributed by atoms with van der Waals surface area (Å²) in [6, 6.07) is 27.9. The molecule has 31 heavy (non-hydrogen) atoms. The van der Waals surface area contributed by atoms with E-state index in [-0.39, 0.29) is 5.91 Å². The minimum atomic E-state index is -0.247. The van der Waals surface area contributed by atoms with E-state index in [0.29, 0.717) is 12.1 Å². The number of rotatable bonds is 5. The minimum Gasteiger partial charge on any atom is -0.268 e. The molecule has 4 aromatic carbocycles. The molecule has 0 unspecified atom stereocenters. The summed E-state index contributed by atoms with van der Waals surface area (Å²) in [7, 11) is 0. The van der Waals surface area contributed by atoms with Crippen LogP contribution in [0.15, 0.2) is 102 Å². The summed E-state index contributed by atoms with van der Waals surface area (Å²) < 4.78 is 1.82. The molecule has 0 spiro atoms. The fourth-order valence-electron chi connectivity index (χ4n) is 3.80. The summed E-state index contributed by atoms with van der Waals surface area (Å²) in [6.45, 7) is 0.610. The van der Waals surface area contributed by atoms with Crippen molar-refractivity contribution in [1.82, 2.24) is 15.2 Å². The van der Waals surface area contributed by atoms with Gasteiger partial charge in [-0.2, -0.15) is 10.2 Å². The van der Waals surface area contributed by atoms with Crippen LogP contribution in [-0.4, -0.2) is 21.9 Å². The van der Waals surface area contributed by atoms with Gasteiger partial charge in [-0.15, -0.1) is 0 Å². The van der Waals surface area contributed by atoms with Gasteiger partial charge in [0.1, 0.15) is 0 Å². The predicted molar refractivity (Wildman–Crippen MR) is 124 cm³/mol. The van der Waals surface area contributed by atoms with Crippen LogP contribution in [0.3, 0.4) is 0 Å². The molecule has 0 atom stereocenters. The fraction of sp³-hybridized carbons (Fsp3) is 0.0385. The summed E-state index contributed by atoms with van der Waals surface area (Å²) >= 11 is 0. The standard InChI is InChI=1S/C26H20N4O/c31-26(22-10-5-7-19(15-22)18-30-14-6-13-28-30)29-27-17-25-23-11-3-1-8-20(23)16-21-9-2-4-12-24(21)25/h1-17H,18H2,(H,29,31). The number of amides is 1. The Morgan fingerprint density at radius 2 is 1.65 bits per heavy atom. The van der Waals surface area contributed by atoms with Crippen molar-refractivity contribution in [2.75, 3.05) is 0 Å². The van der Waals surface area contributed by atoms with Crippen molar-refractivity contribution in [1.29, 1.82) is 0 Å². The first kappa shape index (κ1) is 18.8. The number of hydrogen-bond donors (Lipinski definition) is 1. The van der Waals surface area contributed by atoms with Crippen LogP contribution < -0.4 is 5.43 Å². The van der Waals surface area contributed by atoms with Gasteiger partial charge in [-0.25, -0.2) is 5.43 Å². The Morgan fingerprint density at radius 3 is 2.35 bits per heavy atom. The van der Waals surface area contributed by atoms with Crippen molar-refractivity contribution in [2.24, 2.45) is 5.10 Å². The number of carbonyl (C=O) groups excluding carboxylic acids is 1. The highest BCUT2D eigenvalue weighted by atomic mass is 16.2. The van der Waals surface area contributed by atoms with E-state index in [1.54, 1.807) is 18.5 Å². The van der Waals surface area contributed by atoms with Gasteiger partial charge >= 0.3 is 0 Å². The first-order valence-electron chi connectivity index (χ1n) is 10.1. The normalized spacial score (nSPS) is 11.4. The van der Waals surface area contributed by atoms with Crippen molar-refractivity contribution >= 4 is 33.7 Å². The summed E-state index contributed by atoms with van der Waals surface area (Å²) in [4.78, 5) is 12.7. The van der Waals surface area contributed by atoms with Crippen LogP contribution in [0.2, 0.25) is 0 Å². The quantitative estimate of drug-likeness (QED) is 0.255. The zero-order valence-electron chi connectivity index (χ0n) is 16.8. The van der Waals surface area contributed by atoms with Gasteiger partial charge in [0.15, 0.2) is 0 Å². The zero-order chi connectivity index (χ0) is 21.0. The molecule has 5 rings (SSSR count). The number of hydrogen-bond acceptors (Lipinski definition) is 3. The molecule has 0 aliphatic rings. The van der Waals surface area contributed by atoms with Crippen molar-refractivity contribution in [3.05, 3.63) is 114 Å². The second-order valence-corrected chi connectivity index (χ2v) is 7.34. The number of nitrogens with one attached hydrogen (secondary N) is 1. The highest BCUT2D eigenvalue weighted by molar-refractivity contribution is 6.13. The van der Waals surface area contributed by atoms with Crippen molar-refractivity contribution in [3.63, 3.8) is 0 Å². The molecule has 0 saturated carbocycles. The van der Waals surface area contributed by atoms with E-state index in [0.717, 1.165) is 32.7 Å². The van der Waals surface area contributed by atoms with Gasteiger partial charge in [0.05, 0.1) is 12.8 Å². The van der Waals surface area contributed by atoms with Crippen LogP contribution in [0.1, 0.15) is 21.5 Å². The van der Waals surface area contributed by atoms with E-state index in [2.05, 4.69) is 46.0 Å². The minimum absolute atomic E-state index is 0.247. The lowest BCUT2D eigenvalue weighted by Crippen LogP contribution is -2.18. The third-order valence-corrected chi connectivity index (χ3v) is 5.27. The van der Waals surface area contributed by atoms with E-state index in [1.807, 2.05) is 59.4 Å². The van der Waals surface area contributed by atoms with E-state index >= 15 is 0 Å². The molecule has 0 aliphatic heterocycles. The third-order valence-electron chi connectivity index (χ3n) is 5.27. The Labute approximate surface area is 179 Å². The van der Waals surface area contributed by atoms with Crippen LogP contribution >= 0.6 is 0 Å². The fourth-order valence-corrected chi connectivity index (χ4v) is 3.80. The number of aromatic nitrogens is 2. The second kappa shape index (κ2) is 8.24. The molecule has 1 heterocycles. The van der Waals surface area contributed by atoms with Gasteiger partial charge in [-0.1, -0.05) is 60.7 Å². The second-order valence-electron chi connectivity index (χ2n) is 7.34. The predicted octanol–water partition coefficient (Wildman–Crippen LogP) is 5.00. The lowest BCUT2D eigenvalue weighted by atomic mass is 9.97. The molecule has 5 nitrogen and oxygen atoms in total. The highest BCUT2D eigenvalue weighted by Crippen LogP contribution is 2.27. The molecule has 0 aliphatic carbocycles. The lowest BCUT2D eigenvalue weighted by Gasteiger charge is -2.08. The maximum atomic E-state index is 12.7. The lowest BCUT2D eigenvalue weighted by molar-refractivity contribution is 0.0955. The highest BCUT2D eigenvalue weighted by Gasteiger charge is 2.08. The number of benzene rings is 4. The van der Waals surface area contributed by atoms with E-state index in [1.165, 1.54) is 0 Å². The molecule has 0 radical (unpaired) electrons. The molecule has 0 fully saturated rings. The van der Waals surface area contributed by atoms with E-state index < -0.39 is 0 Å². The summed E-state index contributed by atoms with van der Waals surface area (Å²) in [5.74, 6) is -0.247. The van der Waals surface area contributed by atoms with Gasteiger partial charge in [0.25, 0.3) is 5.91 Å². The molecule has 1 amide bonds. The van der Waals surface area contributed by atoms with Gasteiger partial charge in [0.2, 0.25) is 0 Å². The van der Waals surface area contributed by atoms with Gasteiger partial charge in [-0.3, -0.25) is 9.48 Å². The average Bonchev–Trinajstić information content (AvgIpc) is 3.31. The summed E-state index contributed by atoms with van der Waals surface area (Å²) in [5, 5.41) is 13.0. The molecule has 5 aromatic rings. The van der Waals surface area contributed by atoms with Gasteiger partial charge in [0, 0.05) is 23.5 Å². The Balaban J connectivity index is 1.40. The number of carbonyl (C=O) groups is 1. The van der Waals surface area contributed by atoms with Crippen LogP contribution in [0.5, 0.6) is 0 Å². The largest absolute Gasteiger partial charge is 0.271 e. The molecular formula is C26H20N4O. The molecule has 5 heteroatoms. The smallest absolute Gasteiger partial charge is 0.268 e. The Hall–Kier alpha value is -4.25. The molecule has 1 aromatic heterocycles. The van der Waals surface area contributed by atoms with Crippen molar-refractivity contribution in [3.8, 4) is 0 Å².